The van der Waals surface area contributed by atoms with Crippen molar-refractivity contribution in [2.45, 2.75) is 0 Å². The number of nitrogens with zero attached hydrogens (tertiary/aromatic N) is 1. The van der Waals surface area contributed by atoms with Crippen molar-refractivity contribution in [2.24, 2.45) is 0 Å². The fourth-order valence-corrected chi connectivity index (χ4v) is 2.36. The van der Waals surface area contributed by atoms with E-state index in [9.17, 15) is 4.79 Å². The fourth-order valence-electron chi connectivity index (χ4n) is 1.68. The van der Waals surface area contributed by atoms with Crippen LogP contribution >= 0.6 is 11.3 Å². The number of carbonyl (C=O) groups is 1. The van der Waals surface area contributed by atoms with Gasteiger partial charge in [-0.1, -0.05) is 36.4 Å². The van der Waals surface area contributed by atoms with Crippen molar-refractivity contribution in [1.82, 2.24) is 4.90 Å². The minimum Gasteiger partial charge on any atom is -0.383 e. The average Bonchev–Trinajstić information content (AvgIpc) is 2.90. The van der Waals surface area contributed by atoms with Gasteiger partial charge in [0.25, 0.3) is 0 Å². The molecule has 0 radical (unpaired) electrons. The summed E-state index contributed by atoms with van der Waals surface area (Å²) in [6, 6.07) is 13.5. The molecule has 0 saturated heterocycles. The van der Waals surface area contributed by atoms with E-state index < -0.39 is 0 Å². The summed E-state index contributed by atoms with van der Waals surface area (Å²) in [7, 11) is 3.84. The van der Waals surface area contributed by atoms with Crippen molar-refractivity contribution in [1.29, 1.82) is 0 Å². The number of hydrogen-bond acceptors (Lipinski definition) is 3. The van der Waals surface area contributed by atoms with Gasteiger partial charge in [0, 0.05) is 25.9 Å². The molecule has 0 aliphatic heterocycles. The van der Waals surface area contributed by atoms with Crippen LogP contribution in [0.4, 0.5) is 0 Å². The van der Waals surface area contributed by atoms with E-state index in [1.54, 1.807) is 0 Å². The zero-order valence-electron chi connectivity index (χ0n) is 10.5. The van der Waals surface area contributed by atoms with Crippen LogP contribution in [-0.4, -0.2) is 24.8 Å². The first-order valence-corrected chi connectivity index (χ1v) is 6.58. The Balaban J connectivity index is 2.42. The van der Waals surface area contributed by atoms with Gasteiger partial charge in [-0.05, 0) is 17.0 Å². The highest BCUT2D eigenvalue weighted by atomic mass is 32.1. The van der Waals surface area contributed by atoms with E-state index in [0.717, 1.165) is 16.0 Å². The Morgan fingerprint density at radius 1 is 1.11 bits per heavy atom. The molecule has 1 aromatic carbocycles. The number of allylic oxidation sites excluding steroid dienone is 1. The summed E-state index contributed by atoms with van der Waals surface area (Å²) in [4.78, 5) is 15.1. The molecule has 2 nitrogen and oxygen atoms in total. The van der Waals surface area contributed by atoms with Gasteiger partial charge in [0.2, 0.25) is 5.78 Å². The molecule has 0 aliphatic carbocycles. The van der Waals surface area contributed by atoms with E-state index in [2.05, 4.69) is 0 Å². The molecular weight excluding hydrogens is 242 g/mol. The second kappa shape index (κ2) is 5.65. The third-order valence-electron chi connectivity index (χ3n) is 2.46. The van der Waals surface area contributed by atoms with Gasteiger partial charge in [-0.15, -0.1) is 11.3 Å². The maximum atomic E-state index is 12.5. The zero-order chi connectivity index (χ0) is 13.0. The molecule has 0 fully saturated rings. The Kier molecular flexibility index (Phi) is 3.95. The Bertz CT molecular complexity index is 541. The van der Waals surface area contributed by atoms with E-state index in [4.69, 9.17) is 0 Å². The van der Waals surface area contributed by atoms with Gasteiger partial charge in [0.15, 0.2) is 0 Å². The summed E-state index contributed by atoms with van der Waals surface area (Å²) >= 11 is 1.47. The Labute approximate surface area is 111 Å². The molecule has 3 heteroatoms. The quantitative estimate of drug-likeness (QED) is 0.617. The number of benzene rings is 1. The Morgan fingerprint density at radius 2 is 1.83 bits per heavy atom. The highest BCUT2D eigenvalue weighted by Crippen LogP contribution is 2.22. The van der Waals surface area contributed by atoms with Crippen LogP contribution in [0.1, 0.15) is 15.2 Å². The molecule has 0 atom stereocenters. The second-order valence-electron chi connectivity index (χ2n) is 4.18. The molecule has 0 bridgehead atoms. The van der Waals surface area contributed by atoms with Crippen molar-refractivity contribution < 1.29 is 4.79 Å². The monoisotopic (exact) mass is 257 g/mol. The van der Waals surface area contributed by atoms with E-state index >= 15 is 0 Å². The molecule has 0 amide bonds. The predicted octanol–water partition coefficient (Wildman–Crippen LogP) is 3.53. The lowest BCUT2D eigenvalue weighted by Crippen LogP contribution is -2.08. The number of carbonyl (C=O) groups excluding carboxylic acids is 1. The summed E-state index contributed by atoms with van der Waals surface area (Å²) < 4.78 is 0. The molecule has 2 rings (SSSR count). The number of rotatable bonds is 4. The topological polar surface area (TPSA) is 20.3 Å². The number of Topliss-reactive ketones (excluding diaryl/α,β-unsaturated/α-hetero) is 1. The van der Waals surface area contributed by atoms with Crippen LogP contribution in [-0.2, 0) is 0 Å². The first-order valence-electron chi connectivity index (χ1n) is 5.70. The molecule has 0 aliphatic rings. The summed E-state index contributed by atoms with van der Waals surface area (Å²) in [6.07, 6.45) is 1.87. The normalized spacial score (nSPS) is 11.3. The van der Waals surface area contributed by atoms with Crippen LogP contribution in [0.25, 0.3) is 5.57 Å². The second-order valence-corrected chi connectivity index (χ2v) is 5.13. The molecule has 0 spiro atoms. The SMILES string of the molecule is CN(C)C=C(C(=O)c1cccs1)c1ccccc1. The van der Waals surface area contributed by atoms with Crippen LogP contribution in [0.15, 0.2) is 54.0 Å². The predicted molar refractivity (Wildman–Crippen MR) is 76.8 cm³/mol. The molecule has 1 aromatic heterocycles. The van der Waals surface area contributed by atoms with Crippen LogP contribution in [0, 0.1) is 0 Å². The largest absolute Gasteiger partial charge is 0.383 e. The van der Waals surface area contributed by atoms with Crippen LogP contribution in [0.5, 0.6) is 0 Å². The van der Waals surface area contributed by atoms with Gasteiger partial charge in [-0.25, -0.2) is 0 Å². The van der Waals surface area contributed by atoms with E-state index in [0.29, 0.717) is 0 Å². The number of thiophene rings is 1. The molecule has 92 valence electrons. The Hall–Kier alpha value is -1.87. The van der Waals surface area contributed by atoms with E-state index in [1.165, 1.54) is 11.3 Å². The standard InChI is InChI=1S/C15H15NOS/c1-16(2)11-13(12-7-4-3-5-8-12)15(17)14-9-6-10-18-14/h3-11H,1-2H3. The van der Waals surface area contributed by atoms with Crippen LogP contribution in [0.3, 0.4) is 0 Å². The van der Waals surface area contributed by atoms with Crippen molar-refractivity contribution in [2.75, 3.05) is 14.1 Å². The van der Waals surface area contributed by atoms with E-state index in [1.807, 2.05) is 73.0 Å². The highest BCUT2D eigenvalue weighted by Gasteiger charge is 2.15. The first-order chi connectivity index (χ1) is 8.68. The zero-order valence-corrected chi connectivity index (χ0v) is 11.3. The number of hydrogen-bond donors (Lipinski definition) is 0. The lowest BCUT2D eigenvalue weighted by molar-refractivity contribution is 0.105. The van der Waals surface area contributed by atoms with Gasteiger partial charge in [0.05, 0.1) is 4.88 Å². The maximum absolute atomic E-state index is 12.5. The van der Waals surface area contributed by atoms with Gasteiger partial charge in [-0.3, -0.25) is 4.79 Å². The van der Waals surface area contributed by atoms with Gasteiger partial charge in [0.1, 0.15) is 0 Å². The average molecular weight is 257 g/mol. The highest BCUT2D eigenvalue weighted by molar-refractivity contribution is 7.12. The minimum atomic E-state index is 0.0740. The summed E-state index contributed by atoms with van der Waals surface area (Å²) in [5, 5.41) is 1.92. The fraction of sp³-hybridized carbons (Fsp3) is 0.133. The molecular formula is C15H15NOS. The van der Waals surface area contributed by atoms with Crippen molar-refractivity contribution >= 4 is 22.7 Å². The van der Waals surface area contributed by atoms with Gasteiger partial charge < -0.3 is 4.90 Å². The van der Waals surface area contributed by atoms with Crippen molar-refractivity contribution in [3.05, 3.63) is 64.5 Å². The lowest BCUT2D eigenvalue weighted by Gasteiger charge is -2.11. The molecule has 0 N–H and O–H groups in total. The lowest BCUT2D eigenvalue weighted by atomic mass is 10.0. The molecule has 2 aromatic rings. The van der Waals surface area contributed by atoms with Gasteiger partial charge >= 0.3 is 0 Å². The van der Waals surface area contributed by atoms with Crippen LogP contribution < -0.4 is 0 Å². The van der Waals surface area contributed by atoms with Crippen LogP contribution in [0.2, 0.25) is 0 Å². The molecule has 0 saturated carbocycles. The van der Waals surface area contributed by atoms with Crippen molar-refractivity contribution in [3.8, 4) is 0 Å². The maximum Gasteiger partial charge on any atom is 0.205 e. The first kappa shape index (κ1) is 12.6. The van der Waals surface area contributed by atoms with Gasteiger partial charge in [-0.2, -0.15) is 0 Å². The smallest absolute Gasteiger partial charge is 0.205 e. The summed E-state index contributed by atoms with van der Waals surface area (Å²) in [6.45, 7) is 0. The summed E-state index contributed by atoms with van der Waals surface area (Å²) in [5.74, 6) is 0.0740. The molecule has 18 heavy (non-hydrogen) atoms. The van der Waals surface area contributed by atoms with Crippen molar-refractivity contribution in [3.63, 3.8) is 0 Å². The van der Waals surface area contributed by atoms with E-state index in [-0.39, 0.29) is 5.78 Å². The molecule has 0 unspecified atom stereocenters. The Morgan fingerprint density at radius 3 is 2.39 bits per heavy atom. The minimum absolute atomic E-state index is 0.0740. The molecule has 1 heterocycles. The third kappa shape index (κ3) is 2.87. The third-order valence-corrected chi connectivity index (χ3v) is 3.33. The summed E-state index contributed by atoms with van der Waals surface area (Å²) in [5.41, 5.74) is 1.67. The number of ketones is 1.